The number of hydrogen-bond donors (Lipinski definition) is 2. The van der Waals surface area contributed by atoms with E-state index in [0.717, 1.165) is 18.9 Å². The number of nitrogens with one attached hydrogen (secondary N) is 1. The fourth-order valence-electron chi connectivity index (χ4n) is 4.00. The van der Waals surface area contributed by atoms with E-state index in [1.165, 1.54) is 57.5 Å². The maximum absolute atomic E-state index is 14.3. The molecule has 2 N–H and O–H groups in total. The monoisotopic (exact) mass is 532 g/mol. The van der Waals surface area contributed by atoms with Gasteiger partial charge in [-0.05, 0) is 80.3 Å². The molecule has 0 saturated heterocycles. The molecule has 0 amide bonds. The lowest BCUT2D eigenvalue weighted by Gasteiger charge is -2.30. The Morgan fingerprint density at radius 1 is 1.11 bits per heavy atom. The Morgan fingerprint density at radius 2 is 1.84 bits per heavy atom. The molecule has 0 radical (unpaired) electrons. The molecule has 3 aromatic rings. The number of pyridine rings is 1. The van der Waals surface area contributed by atoms with Crippen molar-refractivity contribution in [3.8, 4) is 22.8 Å². The van der Waals surface area contributed by atoms with Crippen LogP contribution in [0.1, 0.15) is 47.3 Å². The summed E-state index contributed by atoms with van der Waals surface area (Å²) in [5.74, 6) is -0.317. The smallest absolute Gasteiger partial charge is 0.422 e. The maximum Gasteiger partial charge on any atom is 0.422 e. The number of methoxy groups -OCH3 is 1. The molecule has 1 heterocycles. The van der Waals surface area contributed by atoms with E-state index in [1.807, 2.05) is 0 Å². The molecule has 4 rings (SSSR count). The molecule has 1 saturated carbocycles. The summed E-state index contributed by atoms with van der Waals surface area (Å²) >= 11 is 0. The molecule has 0 spiro atoms. The predicted molar refractivity (Wildman–Crippen MR) is 134 cm³/mol. The molecular formula is C28H28F4N2O4. The third-order valence-corrected chi connectivity index (χ3v) is 6.48. The summed E-state index contributed by atoms with van der Waals surface area (Å²) in [4.78, 5) is 17.0. The molecule has 1 aliphatic carbocycles. The van der Waals surface area contributed by atoms with Crippen LogP contribution in [0.15, 0.2) is 48.5 Å². The number of carbonyl (C=O) groups is 1. The number of benzene rings is 2. The molecule has 2 aromatic carbocycles. The van der Waals surface area contributed by atoms with E-state index < -0.39 is 41.9 Å². The number of aromatic nitrogens is 1. The van der Waals surface area contributed by atoms with Gasteiger partial charge in [-0.2, -0.15) is 13.2 Å². The fourth-order valence-corrected chi connectivity index (χ4v) is 4.00. The van der Waals surface area contributed by atoms with Crippen LogP contribution in [0.25, 0.3) is 11.3 Å². The van der Waals surface area contributed by atoms with Gasteiger partial charge in [0.2, 0.25) is 5.60 Å². The van der Waals surface area contributed by atoms with Crippen LogP contribution in [0, 0.1) is 12.7 Å². The molecule has 6 nitrogen and oxygen atoms in total. The minimum atomic E-state index is -5.14. The molecular weight excluding hydrogens is 504 g/mol. The third kappa shape index (κ3) is 5.75. The van der Waals surface area contributed by atoms with E-state index in [9.17, 15) is 27.5 Å². The van der Waals surface area contributed by atoms with Crippen LogP contribution in [-0.4, -0.2) is 42.3 Å². The number of alkyl halides is 3. The number of nitrogens with zero attached hydrogens (tertiary/aromatic N) is 1. The number of ketones is 1. The Balaban J connectivity index is 1.63. The van der Waals surface area contributed by atoms with Gasteiger partial charge in [0.25, 0.3) is 0 Å². The average molecular weight is 533 g/mol. The first kappa shape index (κ1) is 27.4. The highest BCUT2D eigenvalue weighted by Gasteiger charge is 2.56. The second-order valence-electron chi connectivity index (χ2n) is 9.30. The fraction of sp³-hybridized carbons (Fsp3) is 0.357. The van der Waals surface area contributed by atoms with Gasteiger partial charge in [0, 0.05) is 30.3 Å². The van der Waals surface area contributed by atoms with Crippen LogP contribution in [0.3, 0.4) is 0 Å². The van der Waals surface area contributed by atoms with Crippen molar-refractivity contribution < 1.29 is 36.9 Å². The van der Waals surface area contributed by atoms with Crippen molar-refractivity contribution >= 4 is 11.5 Å². The van der Waals surface area contributed by atoms with Crippen LogP contribution in [-0.2, 0) is 5.60 Å². The second-order valence-corrected chi connectivity index (χ2v) is 9.30. The van der Waals surface area contributed by atoms with Crippen molar-refractivity contribution in [2.75, 3.05) is 19.5 Å². The molecule has 1 aromatic heterocycles. The lowest BCUT2D eigenvalue weighted by Crippen LogP contribution is -2.43. The maximum atomic E-state index is 14.3. The highest BCUT2D eigenvalue weighted by molar-refractivity contribution is 5.96. The molecule has 1 aliphatic rings. The second kappa shape index (κ2) is 10.6. The number of Topliss-reactive ketones (excluding diaryl/α,β-unsaturated/α-hetero) is 1. The van der Waals surface area contributed by atoms with Gasteiger partial charge in [-0.15, -0.1) is 0 Å². The van der Waals surface area contributed by atoms with Crippen molar-refractivity contribution in [2.45, 2.75) is 50.5 Å². The molecule has 38 heavy (non-hydrogen) atoms. The molecule has 202 valence electrons. The van der Waals surface area contributed by atoms with Crippen LogP contribution < -0.4 is 14.8 Å². The third-order valence-electron chi connectivity index (χ3n) is 6.48. The summed E-state index contributed by atoms with van der Waals surface area (Å²) in [7, 11) is 2.92. The first-order valence-corrected chi connectivity index (χ1v) is 12.1. The number of ether oxygens (including phenoxy) is 2. The predicted octanol–water partition coefficient (Wildman–Crippen LogP) is 6.20. The van der Waals surface area contributed by atoms with Crippen molar-refractivity contribution in [3.05, 3.63) is 71.2 Å². The minimum Gasteiger partial charge on any atom is -0.493 e. The summed E-state index contributed by atoms with van der Waals surface area (Å²) in [5.41, 5.74) is -2.92. The molecule has 0 bridgehead atoms. The number of aliphatic hydroxyl groups is 1. The number of rotatable bonds is 10. The van der Waals surface area contributed by atoms with Gasteiger partial charge in [0.15, 0.2) is 17.3 Å². The topological polar surface area (TPSA) is 80.7 Å². The summed E-state index contributed by atoms with van der Waals surface area (Å²) in [6, 6.07) is 11.1. The van der Waals surface area contributed by atoms with Crippen molar-refractivity contribution in [1.82, 2.24) is 4.98 Å². The number of halogens is 4. The summed E-state index contributed by atoms with van der Waals surface area (Å²) in [6.45, 7) is 1.53. The normalized spacial score (nSPS) is 15.1. The molecule has 0 aliphatic heterocycles. The number of hydrogen-bond acceptors (Lipinski definition) is 6. The first-order valence-electron chi connectivity index (χ1n) is 12.1. The van der Waals surface area contributed by atoms with Crippen molar-refractivity contribution in [1.29, 1.82) is 0 Å². The van der Waals surface area contributed by atoms with E-state index in [2.05, 4.69) is 10.3 Å². The van der Waals surface area contributed by atoms with Gasteiger partial charge >= 0.3 is 6.18 Å². The van der Waals surface area contributed by atoms with Gasteiger partial charge in [-0.25, -0.2) is 9.37 Å². The lowest BCUT2D eigenvalue weighted by molar-refractivity contribution is -0.270. The number of carbonyl (C=O) groups excluding carboxylic acids is 1. The Labute approximate surface area is 217 Å². The van der Waals surface area contributed by atoms with Crippen molar-refractivity contribution in [3.63, 3.8) is 0 Å². The summed E-state index contributed by atoms with van der Waals surface area (Å²) < 4.78 is 67.7. The van der Waals surface area contributed by atoms with E-state index in [-0.39, 0.29) is 23.0 Å². The quantitative estimate of drug-likeness (QED) is 0.239. The molecule has 1 atom stereocenters. The Kier molecular flexibility index (Phi) is 7.64. The van der Waals surface area contributed by atoms with Gasteiger partial charge in [0.1, 0.15) is 5.82 Å². The average Bonchev–Trinajstić information content (AvgIpc) is 3.72. The van der Waals surface area contributed by atoms with Crippen LogP contribution in [0.4, 0.5) is 23.2 Å². The zero-order valence-electron chi connectivity index (χ0n) is 21.2. The van der Waals surface area contributed by atoms with Gasteiger partial charge in [-0.1, -0.05) is 0 Å². The standard InChI is InChI=1S/C28H28F4N2O4/c1-16-12-17(4-8-21(16)29)22-14-19(33-2)15-26(34-22)27(36,28(30,31)32)11-10-23(35)18-5-9-24(25(13-18)37-3)38-20-6-7-20/h4-5,8-9,12-15,20,36H,6-7,10-11H2,1-3H3,(H,33,34). The van der Waals surface area contributed by atoms with Gasteiger partial charge in [0.05, 0.1) is 24.6 Å². The van der Waals surface area contributed by atoms with Gasteiger partial charge in [-0.3, -0.25) is 4.79 Å². The SMILES string of the molecule is CNc1cc(-c2ccc(F)c(C)c2)nc(C(O)(CCC(=O)c2ccc(OC3CC3)c(OC)c2)C(F)(F)F)c1. The first-order chi connectivity index (χ1) is 17.9. The number of aryl methyl sites for hydroxylation is 1. The molecule has 10 heteroatoms. The van der Waals surface area contributed by atoms with E-state index in [1.54, 1.807) is 6.07 Å². The summed E-state index contributed by atoms with van der Waals surface area (Å²) in [5, 5.41) is 13.8. The highest BCUT2D eigenvalue weighted by atomic mass is 19.4. The van der Waals surface area contributed by atoms with Gasteiger partial charge < -0.3 is 19.9 Å². The van der Waals surface area contributed by atoms with E-state index in [0.29, 0.717) is 22.6 Å². The van der Waals surface area contributed by atoms with E-state index >= 15 is 0 Å². The molecule has 1 fully saturated rings. The molecule has 1 unspecified atom stereocenters. The Morgan fingerprint density at radius 3 is 2.45 bits per heavy atom. The van der Waals surface area contributed by atoms with Crippen LogP contribution in [0.5, 0.6) is 11.5 Å². The van der Waals surface area contributed by atoms with Crippen LogP contribution >= 0.6 is 0 Å². The zero-order valence-corrected chi connectivity index (χ0v) is 21.2. The summed E-state index contributed by atoms with van der Waals surface area (Å²) in [6.07, 6.45) is -4.77. The zero-order chi connectivity index (χ0) is 27.7. The highest BCUT2D eigenvalue weighted by Crippen LogP contribution is 2.43. The minimum absolute atomic E-state index is 0.0943. The number of anilines is 1. The van der Waals surface area contributed by atoms with E-state index in [4.69, 9.17) is 9.47 Å². The lowest BCUT2D eigenvalue weighted by atomic mass is 9.89. The Hall–Kier alpha value is -3.66. The van der Waals surface area contributed by atoms with Crippen LogP contribution in [0.2, 0.25) is 0 Å². The van der Waals surface area contributed by atoms with Crippen molar-refractivity contribution in [2.24, 2.45) is 0 Å². The largest absolute Gasteiger partial charge is 0.493 e. The Bertz CT molecular complexity index is 1340.